The fraction of sp³-hybridized carbons (Fsp3) is 0.333. The number of nitrogens with zero attached hydrogens (tertiary/aromatic N) is 4. The molecule has 46 heavy (non-hydrogen) atoms. The van der Waals surface area contributed by atoms with Crippen LogP contribution in [-0.4, -0.2) is 44.1 Å². The Morgan fingerprint density at radius 1 is 1.15 bits per heavy atom. The third-order valence-corrected chi connectivity index (χ3v) is 8.74. The summed E-state index contributed by atoms with van der Waals surface area (Å²) in [6, 6.07) is 12.8. The second-order valence-electron chi connectivity index (χ2n) is 12.8. The van der Waals surface area contributed by atoms with E-state index in [1.807, 2.05) is 24.3 Å². The van der Waals surface area contributed by atoms with Crippen LogP contribution in [0, 0.1) is 5.41 Å². The highest BCUT2D eigenvalue weighted by Crippen LogP contribution is 2.40. The lowest BCUT2D eigenvalue weighted by Gasteiger charge is -2.31. The van der Waals surface area contributed by atoms with E-state index in [0.717, 1.165) is 12.8 Å². The number of aliphatic hydroxyl groups excluding tert-OH is 1. The Morgan fingerprint density at radius 2 is 1.98 bits per heavy atom. The Bertz CT molecular complexity index is 1900. The molecule has 0 saturated carbocycles. The van der Waals surface area contributed by atoms with Crippen LogP contribution < -0.4 is 20.5 Å². The van der Waals surface area contributed by atoms with E-state index in [4.69, 9.17) is 4.74 Å². The molecule has 10 nitrogen and oxygen atoms in total. The largest absolute Gasteiger partial charge is 0.494 e. The van der Waals surface area contributed by atoms with Crippen LogP contribution in [0.4, 0.5) is 17.2 Å². The summed E-state index contributed by atoms with van der Waals surface area (Å²) in [6.45, 7) is 9.14. The van der Waals surface area contributed by atoms with Gasteiger partial charge >= 0.3 is 0 Å². The number of hydrogen-bond donors (Lipinski definition) is 2. The molecule has 10 heteroatoms. The number of ether oxygens (including phenoxy) is 1. The van der Waals surface area contributed by atoms with Crippen LogP contribution in [0.5, 0.6) is 5.75 Å². The molecule has 2 N–H and O–H groups in total. The van der Waals surface area contributed by atoms with Crippen molar-refractivity contribution in [3.05, 3.63) is 100 Å². The van der Waals surface area contributed by atoms with E-state index in [2.05, 4.69) is 35.3 Å². The summed E-state index contributed by atoms with van der Waals surface area (Å²) in [6.07, 6.45) is 7.50. The normalized spacial score (nSPS) is 15.0. The van der Waals surface area contributed by atoms with Crippen LogP contribution >= 0.6 is 0 Å². The molecule has 0 spiro atoms. The zero-order valence-corrected chi connectivity index (χ0v) is 26.5. The van der Waals surface area contributed by atoms with E-state index in [1.165, 1.54) is 21.9 Å². The van der Waals surface area contributed by atoms with Gasteiger partial charge in [0.1, 0.15) is 22.9 Å². The van der Waals surface area contributed by atoms with Crippen LogP contribution in [0.1, 0.15) is 54.0 Å². The van der Waals surface area contributed by atoms with Gasteiger partial charge in [-0.15, -0.1) is 0 Å². The summed E-state index contributed by atoms with van der Waals surface area (Å²) in [7, 11) is 1.67. The summed E-state index contributed by atoms with van der Waals surface area (Å²) >= 11 is 0. The maximum absolute atomic E-state index is 13.8. The minimum absolute atomic E-state index is 0.0229. The highest BCUT2D eigenvalue weighted by atomic mass is 16.5. The zero-order valence-electron chi connectivity index (χ0n) is 26.5. The Morgan fingerprint density at radius 3 is 2.76 bits per heavy atom. The molecule has 3 aromatic heterocycles. The van der Waals surface area contributed by atoms with Crippen molar-refractivity contribution in [2.75, 3.05) is 23.4 Å². The summed E-state index contributed by atoms with van der Waals surface area (Å²) in [4.78, 5) is 44.7. The van der Waals surface area contributed by atoms with Crippen molar-refractivity contribution in [3.8, 4) is 16.9 Å². The summed E-state index contributed by atoms with van der Waals surface area (Å²) in [5.74, 6) is 0.873. The topological polar surface area (TPSA) is 119 Å². The van der Waals surface area contributed by atoms with Crippen LogP contribution in [0.2, 0.25) is 0 Å². The van der Waals surface area contributed by atoms with Gasteiger partial charge in [0.25, 0.3) is 11.5 Å². The van der Waals surface area contributed by atoms with Gasteiger partial charge in [0.15, 0.2) is 5.78 Å². The first kappa shape index (κ1) is 31.0. The van der Waals surface area contributed by atoms with Gasteiger partial charge in [-0.2, -0.15) is 0 Å². The number of carbonyl (C=O) groups is 2. The molecule has 0 bridgehead atoms. The maximum Gasteiger partial charge on any atom is 0.276 e. The average molecular weight is 622 g/mol. The number of allylic oxidation sites excluding steroid dienone is 1. The first-order valence-corrected chi connectivity index (χ1v) is 15.6. The Kier molecular flexibility index (Phi) is 8.39. The first-order chi connectivity index (χ1) is 22.1. The molecular weight excluding hydrogens is 582 g/mol. The van der Waals surface area contributed by atoms with Crippen molar-refractivity contribution >= 4 is 28.9 Å². The standard InChI is InChI=1S/C36H39N5O5/c1-5-26(43)9-7-15-46-27-10-6-8-25(18-27)38-30-16-24(21-39(4)34(30)44)28-11-12-37-33(29(28)22-42)41-14-13-40-31(35(41)45)17-23-19-36(2,3)20-32(23)40/h5-6,8,10-12,16-18,21,38,42H,1,7,9,13-15,19-20,22H2,2-4H3. The minimum Gasteiger partial charge on any atom is -0.494 e. The summed E-state index contributed by atoms with van der Waals surface area (Å²) in [5, 5.41) is 13.8. The Hall–Kier alpha value is -4.96. The number of benzene rings is 1. The predicted molar refractivity (Wildman–Crippen MR) is 178 cm³/mol. The smallest absolute Gasteiger partial charge is 0.276 e. The molecule has 0 fully saturated rings. The number of anilines is 3. The molecule has 6 rings (SSSR count). The molecule has 4 heterocycles. The van der Waals surface area contributed by atoms with Crippen LogP contribution in [-0.2, 0) is 37.8 Å². The van der Waals surface area contributed by atoms with Gasteiger partial charge in [-0.25, -0.2) is 4.98 Å². The number of nitrogens with one attached hydrogen (secondary N) is 1. The lowest BCUT2D eigenvalue weighted by Crippen LogP contribution is -2.41. The number of ketones is 1. The molecule has 1 aromatic carbocycles. The summed E-state index contributed by atoms with van der Waals surface area (Å²) < 4.78 is 9.44. The number of carbonyl (C=O) groups excluding carboxylic acids is 2. The monoisotopic (exact) mass is 621 g/mol. The molecule has 0 radical (unpaired) electrons. The number of rotatable bonds is 11. The van der Waals surface area contributed by atoms with Crippen LogP contribution in [0.3, 0.4) is 0 Å². The van der Waals surface area contributed by atoms with Gasteiger partial charge in [-0.05, 0) is 72.2 Å². The van der Waals surface area contributed by atoms with Gasteiger partial charge in [0.05, 0.1) is 13.2 Å². The van der Waals surface area contributed by atoms with Crippen molar-refractivity contribution < 1.29 is 19.4 Å². The highest BCUT2D eigenvalue weighted by molar-refractivity contribution is 6.06. The van der Waals surface area contributed by atoms with Gasteiger partial charge in [-0.1, -0.05) is 26.5 Å². The number of aromatic nitrogens is 3. The molecule has 1 aliphatic heterocycles. The maximum atomic E-state index is 13.8. The van der Waals surface area contributed by atoms with E-state index < -0.39 is 0 Å². The second-order valence-corrected chi connectivity index (χ2v) is 12.8. The highest BCUT2D eigenvalue weighted by Gasteiger charge is 2.37. The Balaban J connectivity index is 1.26. The fourth-order valence-corrected chi connectivity index (χ4v) is 6.56. The predicted octanol–water partition coefficient (Wildman–Crippen LogP) is 5.18. The number of pyridine rings is 2. The zero-order chi connectivity index (χ0) is 32.6. The van der Waals surface area contributed by atoms with Gasteiger partial charge in [0.2, 0.25) is 0 Å². The minimum atomic E-state index is -0.336. The van der Waals surface area contributed by atoms with Gasteiger partial charge in [0, 0.05) is 67.5 Å². The van der Waals surface area contributed by atoms with Crippen molar-refractivity contribution in [1.82, 2.24) is 14.1 Å². The van der Waals surface area contributed by atoms with Crippen molar-refractivity contribution in [3.63, 3.8) is 0 Å². The molecule has 0 saturated heterocycles. The van der Waals surface area contributed by atoms with E-state index in [0.29, 0.717) is 77.9 Å². The molecule has 1 aliphatic carbocycles. The fourth-order valence-electron chi connectivity index (χ4n) is 6.56. The van der Waals surface area contributed by atoms with Crippen LogP contribution in [0.25, 0.3) is 11.1 Å². The van der Waals surface area contributed by atoms with Gasteiger partial charge in [-0.3, -0.25) is 19.3 Å². The number of aryl methyl sites for hydroxylation is 1. The van der Waals surface area contributed by atoms with Crippen LogP contribution in [0.15, 0.2) is 72.3 Å². The number of aliphatic hydroxyl groups is 1. The third kappa shape index (κ3) is 6.00. The van der Waals surface area contributed by atoms with Gasteiger partial charge < -0.3 is 24.3 Å². The molecule has 4 aromatic rings. The first-order valence-electron chi connectivity index (χ1n) is 15.6. The molecule has 0 unspecified atom stereocenters. The molecule has 238 valence electrons. The number of amides is 1. The third-order valence-electron chi connectivity index (χ3n) is 8.74. The molecule has 0 atom stereocenters. The SMILES string of the molecule is C=CC(=O)CCCOc1cccc(Nc2cc(-c3ccnc(N4CCn5c(cc6c5CC(C)(C)C6)C4=O)c3CO)cn(C)c2=O)c1. The second kappa shape index (κ2) is 12.4. The quantitative estimate of drug-likeness (QED) is 0.175. The lowest BCUT2D eigenvalue weighted by molar-refractivity contribution is -0.114. The Labute approximate surface area is 268 Å². The average Bonchev–Trinajstić information content (AvgIpc) is 3.53. The molecule has 1 amide bonds. The van der Waals surface area contributed by atoms with Crippen molar-refractivity contribution in [2.45, 2.75) is 52.7 Å². The van der Waals surface area contributed by atoms with Crippen molar-refractivity contribution in [1.29, 1.82) is 0 Å². The van der Waals surface area contributed by atoms with E-state index in [9.17, 15) is 19.5 Å². The number of fused-ring (bicyclic) bond motifs is 3. The number of hydrogen-bond acceptors (Lipinski definition) is 7. The van der Waals surface area contributed by atoms with Crippen molar-refractivity contribution in [2.24, 2.45) is 12.5 Å². The molecular formula is C36H39N5O5. The van der Waals surface area contributed by atoms with E-state index >= 15 is 0 Å². The van der Waals surface area contributed by atoms with E-state index in [-0.39, 0.29) is 29.3 Å². The summed E-state index contributed by atoms with van der Waals surface area (Å²) in [5.41, 5.74) is 5.97. The molecule has 2 aliphatic rings. The van der Waals surface area contributed by atoms with E-state index in [1.54, 1.807) is 42.5 Å². The lowest BCUT2D eigenvalue weighted by atomic mass is 9.90.